The zero-order valence-electron chi connectivity index (χ0n) is 14.4. The highest BCUT2D eigenvalue weighted by Gasteiger charge is 2.52. The normalized spacial score (nSPS) is 19.5. The van der Waals surface area contributed by atoms with Gasteiger partial charge in [-0.1, -0.05) is 11.8 Å². The molecule has 2 rings (SSSR count). The zero-order chi connectivity index (χ0) is 18.1. The number of carbonyl (C=O) groups is 2. The van der Waals surface area contributed by atoms with Crippen molar-refractivity contribution in [1.82, 2.24) is 0 Å². The minimum Gasteiger partial charge on any atom is -0.475 e. The number of carboxylic acid groups (broad SMARTS) is 1. The molecule has 1 aliphatic rings. The summed E-state index contributed by atoms with van der Waals surface area (Å²) in [5, 5.41) is 8.92. The van der Waals surface area contributed by atoms with Crippen LogP contribution in [0.1, 0.15) is 50.9 Å². The Balaban J connectivity index is 2.29. The Bertz CT molecular complexity index is 660. The molecule has 0 aliphatic carbocycles. The summed E-state index contributed by atoms with van der Waals surface area (Å²) in [5.74, 6) is -0.533. The summed E-state index contributed by atoms with van der Waals surface area (Å²) in [4.78, 5) is 22.2. The molecule has 1 saturated heterocycles. The van der Waals surface area contributed by atoms with Crippen molar-refractivity contribution in [2.24, 2.45) is 0 Å². The first-order valence-electron chi connectivity index (χ1n) is 7.54. The summed E-state index contributed by atoms with van der Waals surface area (Å²) in [7, 11) is -0.625. The second-order valence-electron chi connectivity index (χ2n) is 6.59. The van der Waals surface area contributed by atoms with Crippen molar-refractivity contribution in [1.29, 1.82) is 0 Å². The van der Waals surface area contributed by atoms with Gasteiger partial charge in [-0.05, 0) is 51.4 Å². The number of aromatic carboxylic acids is 1. The van der Waals surface area contributed by atoms with Gasteiger partial charge in [0, 0.05) is 12.7 Å². The minimum atomic E-state index is -1.13. The van der Waals surface area contributed by atoms with Crippen LogP contribution in [0.2, 0.25) is 0 Å². The first-order valence-corrected chi connectivity index (χ1v) is 8.53. The van der Waals surface area contributed by atoms with Gasteiger partial charge in [0.25, 0.3) is 0 Å². The molecule has 24 heavy (non-hydrogen) atoms. The van der Waals surface area contributed by atoms with E-state index in [1.807, 2.05) is 27.7 Å². The summed E-state index contributed by atoms with van der Waals surface area (Å²) >= 11 is 1.13. The van der Waals surface area contributed by atoms with Crippen LogP contribution in [-0.4, -0.2) is 40.3 Å². The molecule has 1 fully saturated rings. The van der Waals surface area contributed by atoms with Gasteiger partial charge in [-0.25, -0.2) is 4.79 Å². The highest BCUT2D eigenvalue weighted by molar-refractivity contribution is 8.13. The standard InChI is InChI=1S/C16H21BO6S/c1-10(18)24-9-11(8-12-6-7-13(21-12)14(19)20)17-22-15(2,3)16(4,5)23-17/h6-8H,9H2,1-5H3,(H,19,20). The monoisotopic (exact) mass is 352 g/mol. The van der Waals surface area contributed by atoms with Crippen molar-refractivity contribution in [2.75, 3.05) is 5.75 Å². The Morgan fingerprint density at radius 3 is 2.25 bits per heavy atom. The molecule has 1 N–H and O–H groups in total. The van der Waals surface area contributed by atoms with E-state index in [-0.39, 0.29) is 10.9 Å². The predicted octanol–water partition coefficient (Wildman–Crippen LogP) is 3.27. The lowest BCUT2D eigenvalue weighted by atomic mass is 9.79. The molecule has 1 aromatic rings. The Morgan fingerprint density at radius 1 is 1.21 bits per heavy atom. The van der Waals surface area contributed by atoms with E-state index in [1.54, 1.807) is 12.1 Å². The smallest absolute Gasteiger partial charge is 0.475 e. The molecule has 0 bridgehead atoms. The third kappa shape index (κ3) is 4.12. The van der Waals surface area contributed by atoms with Crippen LogP contribution < -0.4 is 0 Å². The molecule has 0 atom stereocenters. The molecule has 6 nitrogen and oxygen atoms in total. The topological polar surface area (TPSA) is 86.0 Å². The van der Waals surface area contributed by atoms with Gasteiger partial charge in [0.15, 0.2) is 5.12 Å². The number of hydrogen-bond donors (Lipinski definition) is 1. The van der Waals surface area contributed by atoms with Crippen LogP contribution in [0, 0.1) is 0 Å². The fraction of sp³-hybridized carbons (Fsp3) is 0.500. The summed E-state index contributed by atoms with van der Waals surface area (Å²) in [5.41, 5.74) is -0.305. The lowest BCUT2D eigenvalue weighted by molar-refractivity contribution is -0.109. The van der Waals surface area contributed by atoms with Gasteiger partial charge in [0.2, 0.25) is 5.76 Å². The van der Waals surface area contributed by atoms with Crippen molar-refractivity contribution < 1.29 is 28.4 Å². The largest absolute Gasteiger partial charge is 0.491 e. The fourth-order valence-corrected chi connectivity index (χ4v) is 2.67. The SMILES string of the molecule is CC(=O)SCC(=Cc1ccc(C(=O)O)o1)B1OC(C)(C)C(C)(C)O1. The second kappa shape index (κ2) is 6.78. The molecule has 8 heteroatoms. The Hall–Kier alpha value is -1.51. The first-order chi connectivity index (χ1) is 11.0. The Kier molecular flexibility index (Phi) is 5.32. The van der Waals surface area contributed by atoms with Crippen LogP contribution >= 0.6 is 11.8 Å². The number of carboxylic acids is 1. The molecule has 130 valence electrons. The third-order valence-corrected chi connectivity index (χ3v) is 5.05. The molecule has 0 radical (unpaired) electrons. The molecule has 2 heterocycles. The number of hydrogen-bond acceptors (Lipinski definition) is 6. The van der Waals surface area contributed by atoms with Crippen LogP contribution in [0.25, 0.3) is 6.08 Å². The molecule has 0 spiro atoms. The quantitative estimate of drug-likeness (QED) is 0.814. The van der Waals surface area contributed by atoms with E-state index in [0.717, 1.165) is 11.8 Å². The van der Waals surface area contributed by atoms with Gasteiger partial charge in [-0.3, -0.25) is 4.79 Å². The molecule has 1 aromatic heterocycles. The van der Waals surface area contributed by atoms with Crippen molar-refractivity contribution in [2.45, 2.75) is 45.8 Å². The minimum absolute atomic E-state index is 0.0249. The van der Waals surface area contributed by atoms with Gasteiger partial charge < -0.3 is 18.8 Å². The maximum Gasteiger partial charge on any atom is 0.491 e. The fourth-order valence-electron chi connectivity index (χ4n) is 2.09. The van der Waals surface area contributed by atoms with E-state index in [2.05, 4.69) is 0 Å². The van der Waals surface area contributed by atoms with Gasteiger partial charge in [0.05, 0.1) is 11.2 Å². The maximum atomic E-state index is 11.3. The third-order valence-electron chi connectivity index (χ3n) is 4.16. The summed E-state index contributed by atoms with van der Waals surface area (Å²) in [6.45, 7) is 9.26. The van der Waals surface area contributed by atoms with Crippen molar-refractivity contribution >= 4 is 36.0 Å². The van der Waals surface area contributed by atoms with E-state index in [1.165, 1.54) is 13.0 Å². The molecule has 0 saturated carbocycles. The highest BCUT2D eigenvalue weighted by Crippen LogP contribution is 2.39. The van der Waals surface area contributed by atoms with Crippen LogP contribution in [-0.2, 0) is 14.1 Å². The van der Waals surface area contributed by atoms with Crippen LogP contribution in [0.3, 0.4) is 0 Å². The van der Waals surface area contributed by atoms with E-state index in [9.17, 15) is 9.59 Å². The van der Waals surface area contributed by atoms with Crippen LogP contribution in [0.5, 0.6) is 0 Å². The van der Waals surface area contributed by atoms with Crippen molar-refractivity contribution in [3.63, 3.8) is 0 Å². The van der Waals surface area contributed by atoms with Crippen LogP contribution in [0.15, 0.2) is 22.0 Å². The average Bonchev–Trinajstić information content (AvgIpc) is 2.97. The zero-order valence-corrected chi connectivity index (χ0v) is 15.2. The maximum absolute atomic E-state index is 11.3. The molecule has 0 unspecified atom stereocenters. The Labute approximate surface area is 145 Å². The van der Waals surface area contributed by atoms with Gasteiger partial charge in [-0.2, -0.15) is 0 Å². The highest BCUT2D eigenvalue weighted by atomic mass is 32.2. The van der Waals surface area contributed by atoms with Crippen LogP contribution in [0.4, 0.5) is 0 Å². The van der Waals surface area contributed by atoms with Gasteiger partial charge >= 0.3 is 13.1 Å². The molecular weight excluding hydrogens is 331 g/mol. The average molecular weight is 352 g/mol. The summed E-state index contributed by atoms with van der Waals surface area (Å²) < 4.78 is 17.3. The lowest BCUT2D eigenvalue weighted by Gasteiger charge is -2.32. The molecule has 0 aromatic carbocycles. The summed E-state index contributed by atoms with van der Waals surface area (Å²) in [6.07, 6.45) is 1.67. The number of thioether (sulfide) groups is 1. The second-order valence-corrected chi connectivity index (χ2v) is 7.75. The first kappa shape index (κ1) is 18.8. The number of rotatable bonds is 5. The number of furan rings is 1. The lowest BCUT2D eigenvalue weighted by Crippen LogP contribution is -2.41. The number of carbonyl (C=O) groups excluding carboxylic acids is 1. The van der Waals surface area contributed by atoms with E-state index < -0.39 is 24.3 Å². The molecule has 1 aliphatic heterocycles. The molecular formula is C16H21BO6S. The van der Waals surface area contributed by atoms with E-state index >= 15 is 0 Å². The predicted molar refractivity (Wildman–Crippen MR) is 92.9 cm³/mol. The van der Waals surface area contributed by atoms with E-state index in [0.29, 0.717) is 17.0 Å². The van der Waals surface area contributed by atoms with Gasteiger partial charge in [-0.15, -0.1) is 0 Å². The van der Waals surface area contributed by atoms with E-state index in [4.69, 9.17) is 18.8 Å². The Morgan fingerprint density at radius 2 is 1.79 bits per heavy atom. The molecule has 0 amide bonds. The van der Waals surface area contributed by atoms with Gasteiger partial charge in [0.1, 0.15) is 5.76 Å². The van der Waals surface area contributed by atoms with Crippen molar-refractivity contribution in [3.8, 4) is 0 Å². The summed E-state index contributed by atoms with van der Waals surface area (Å²) in [6, 6.07) is 2.95. The van der Waals surface area contributed by atoms with Crippen molar-refractivity contribution in [3.05, 3.63) is 29.1 Å².